The topological polar surface area (TPSA) is 86.5 Å². The summed E-state index contributed by atoms with van der Waals surface area (Å²) in [5.74, 6) is -1.76. The van der Waals surface area contributed by atoms with Gasteiger partial charge in [-0.15, -0.1) is 0 Å². The normalized spacial score (nSPS) is 10.2. The second kappa shape index (κ2) is 5.90. The maximum atomic E-state index is 11.5. The lowest BCUT2D eigenvalue weighted by molar-refractivity contribution is -0.385. The molecule has 18 heavy (non-hydrogen) atoms. The van der Waals surface area contributed by atoms with Crippen molar-refractivity contribution >= 4 is 17.4 Å². The molecule has 0 N–H and O–H groups in total. The summed E-state index contributed by atoms with van der Waals surface area (Å²) in [5, 5.41) is 10.7. The molecule has 0 aliphatic rings. The van der Waals surface area contributed by atoms with Gasteiger partial charge < -0.3 is 4.74 Å². The Hall–Kier alpha value is -2.24. The quantitative estimate of drug-likeness (QED) is 0.344. The van der Waals surface area contributed by atoms with Gasteiger partial charge >= 0.3 is 5.97 Å². The maximum Gasteiger partial charge on any atom is 0.375 e. The number of nitro groups is 1. The first kappa shape index (κ1) is 13.8. The Morgan fingerprint density at radius 3 is 2.50 bits per heavy atom. The molecule has 0 aromatic heterocycles. The Balaban J connectivity index is 2.82. The minimum absolute atomic E-state index is 0.178. The summed E-state index contributed by atoms with van der Waals surface area (Å²) < 4.78 is 4.73. The van der Waals surface area contributed by atoms with E-state index >= 15 is 0 Å². The summed E-state index contributed by atoms with van der Waals surface area (Å²) in [6, 6.07) is 5.80. The predicted octanol–water partition coefficient (Wildman–Crippen LogP) is 1.66. The van der Waals surface area contributed by atoms with Crippen LogP contribution in [0.5, 0.6) is 0 Å². The van der Waals surface area contributed by atoms with Crippen LogP contribution in [-0.4, -0.2) is 22.8 Å². The minimum Gasteiger partial charge on any atom is -0.457 e. The van der Waals surface area contributed by atoms with Crippen LogP contribution in [0.15, 0.2) is 24.3 Å². The van der Waals surface area contributed by atoms with Gasteiger partial charge in [0.15, 0.2) is 0 Å². The molecule has 0 aliphatic carbocycles. The third kappa shape index (κ3) is 3.65. The van der Waals surface area contributed by atoms with Gasteiger partial charge in [-0.05, 0) is 13.8 Å². The van der Waals surface area contributed by atoms with Crippen molar-refractivity contribution in [2.45, 2.75) is 26.4 Å². The van der Waals surface area contributed by atoms with Gasteiger partial charge in [0.05, 0.1) is 11.0 Å². The summed E-state index contributed by atoms with van der Waals surface area (Å²) in [4.78, 5) is 33.0. The van der Waals surface area contributed by atoms with Crippen LogP contribution in [0.3, 0.4) is 0 Å². The van der Waals surface area contributed by atoms with Crippen LogP contribution in [0.2, 0.25) is 0 Å². The summed E-state index contributed by atoms with van der Waals surface area (Å²) in [6.07, 6.45) is -0.727. The van der Waals surface area contributed by atoms with Crippen LogP contribution in [0, 0.1) is 10.1 Å². The second-order valence-electron chi connectivity index (χ2n) is 3.94. The largest absolute Gasteiger partial charge is 0.457 e. The molecule has 0 saturated heterocycles. The van der Waals surface area contributed by atoms with Gasteiger partial charge in [0.2, 0.25) is 5.78 Å². The number of benzene rings is 1. The molecule has 0 spiro atoms. The zero-order valence-electron chi connectivity index (χ0n) is 10.1. The first-order valence-electron chi connectivity index (χ1n) is 5.38. The molecule has 0 unspecified atom stereocenters. The lowest BCUT2D eigenvalue weighted by Gasteiger charge is -2.06. The van der Waals surface area contributed by atoms with Crippen molar-refractivity contribution < 1.29 is 19.2 Å². The van der Waals surface area contributed by atoms with E-state index in [4.69, 9.17) is 4.74 Å². The summed E-state index contributed by atoms with van der Waals surface area (Å²) in [7, 11) is 0. The Labute approximate surface area is 104 Å². The van der Waals surface area contributed by atoms with E-state index in [0.29, 0.717) is 0 Å². The van der Waals surface area contributed by atoms with Gasteiger partial charge in [-0.25, -0.2) is 4.79 Å². The number of hydrogen-bond donors (Lipinski definition) is 0. The van der Waals surface area contributed by atoms with E-state index in [2.05, 4.69) is 0 Å². The fourth-order valence-corrected chi connectivity index (χ4v) is 1.36. The number of ether oxygens (including phenoxy) is 1. The lowest BCUT2D eigenvalue weighted by Crippen LogP contribution is -2.23. The van der Waals surface area contributed by atoms with Gasteiger partial charge in [0.25, 0.3) is 5.69 Å². The molecule has 6 heteroatoms. The lowest BCUT2D eigenvalue weighted by atomic mass is 10.1. The molecule has 0 fully saturated rings. The van der Waals surface area contributed by atoms with Gasteiger partial charge in [-0.2, -0.15) is 0 Å². The predicted molar refractivity (Wildman–Crippen MR) is 63.0 cm³/mol. The standard InChI is InChI=1S/C12H13NO5/c1-8(2)18-12(15)11(14)7-9-5-3-4-6-10(9)13(16)17/h3-6,8H,7H2,1-2H3. The molecule has 1 aromatic carbocycles. The van der Waals surface area contributed by atoms with E-state index in [9.17, 15) is 19.7 Å². The highest BCUT2D eigenvalue weighted by Gasteiger charge is 2.21. The van der Waals surface area contributed by atoms with E-state index < -0.39 is 22.8 Å². The molecule has 0 atom stereocenters. The van der Waals surface area contributed by atoms with Gasteiger partial charge in [-0.1, -0.05) is 18.2 Å². The molecule has 1 rings (SSSR count). The Morgan fingerprint density at radius 1 is 1.33 bits per heavy atom. The number of hydrogen-bond acceptors (Lipinski definition) is 5. The van der Waals surface area contributed by atoms with Crippen LogP contribution < -0.4 is 0 Å². The highest BCUT2D eigenvalue weighted by Crippen LogP contribution is 2.18. The smallest absolute Gasteiger partial charge is 0.375 e. The van der Waals surface area contributed by atoms with E-state index in [1.165, 1.54) is 18.2 Å². The van der Waals surface area contributed by atoms with E-state index in [0.717, 1.165) is 0 Å². The number of nitrogens with zero attached hydrogens (tertiary/aromatic N) is 1. The Morgan fingerprint density at radius 2 is 1.94 bits per heavy atom. The average molecular weight is 251 g/mol. The number of carbonyl (C=O) groups is 2. The SMILES string of the molecule is CC(C)OC(=O)C(=O)Cc1ccccc1[N+](=O)[O-]. The molecule has 0 aliphatic heterocycles. The number of para-hydroxylation sites is 1. The first-order valence-corrected chi connectivity index (χ1v) is 5.38. The summed E-state index contributed by atoms with van der Waals surface area (Å²) in [5.41, 5.74) is 0.0244. The van der Waals surface area contributed by atoms with Crippen LogP contribution in [-0.2, 0) is 20.7 Å². The summed E-state index contributed by atoms with van der Waals surface area (Å²) in [6.45, 7) is 3.24. The Kier molecular flexibility index (Phi) is 4.53. The van der Waals surface area contributed by atoms with Crippen molar-refractivity contribution in [3.05, 3.63) is 39.9 Å². The number of Topliss-reactive ketones (excluding diaryl/α,β-unsaturated/α-hetero) is 1. The fraction of sp³-hybridized carbons (Fsp3) is 0.333. The third-order valence-corrected chi connectivity index (χ3v) is 2.11. The molecule has 6 nitrogen and oxygen atoms in total. The maximum absolute atomic E-state index is 11.5. The van der Waals surface area contributed by atoms with Crippen LogP contribution in [0.4, 0.5) is 5.69 Å². The van der Waals surface area contributed by atoms with Crippen molar-refractivity contribution in [2.24, 2.45) is 0 Å². The second-order valence-corrected chi connectivity index (χ2v) is 3.94. The van der Waals surface area contributed by atoms with Crippen LogP contribution >= 0.6 is 0 Å². The van der Waals surface area contributed by atoms with Crippen molar-refractivity contribution in [3.63, 3.8) is 0 Å². The van der Waals surface area contributed by atoms with Crippen molar-refractivity contribution in [3.8, 4) is 0 Å². The molecule has 0 saturated carbocycles. The number of ketones is 1. The van der Waals surface area contributed by atoms with Crippen molar-refractivity contribution in [2.75, 3.05) is 0 Å². The first-order chi connectivity index (χ1) is 8.41. The highest BCUT2D eigenvalue weighted by atomic mass is 16.6. The van der Waals surface area contributed by atoms with Gasteiger partial charge in [0, 0.05) is 18.1 Å². The van der Waals surface area contributed by atoms with Gasteiger partial charge in [0.1, 0.15) is 0 Å². The zero-order chi connectivity index (χ0) is 13.7. The molecule has 1 aromatic rings. The number of esters is 1. The number of carbonyl (C=O) groups excluding carboxylic acids is 2. The van der Waals surface area contributed by atoms with E-state index in [1.54, 1.807) is 19.9 Å². The Bertz CT molecular complexity index is 481. The minimum atomic E-state index is -0.969. The molecular weight excluding hydrogens is 238 g/mol. The fourth-order valence-electron chi connectivity index (χ4n) is 1.36. The van der Waals surface area contributed by atoms with Gasteiger partial charge in [-0.3, -0.25) is 14.9 Å². The summed E-state index contributed by atoms with van der Waals surface area (Å²) >= 11 is 0. The molecule has 0 bridgehead atoms. The molecule has 0 amide bonds. The molecule has 0 heterocycles. The molecule has 0 radical (unpaired) electrons. The van der Waals surface area contributed by atoms with Crippen LogP contribution in [0.25, 0.3) is 0 Å². The van der Waals surface area contributed by atoms with Crippen LogP contribution in [0.1, 0.15) is 19.4 Å². The zero-order valence-corrected chi connectivity index (χ0v) is 10.1. The average Bonchev–Trinajstić information content (AvgIpc) is 2.28. The van der Waals surface area contributed by atoms with Crippen molar-refractivity contribution in [1.82, 2.24) is 0 Å². The highest BCUT2D eigenvalue weighted by molar-refractivity contribution is 6.34. The molecular formula is C12H13NO5. The third-order valence-electron chi connectivity index (χ3n) is 2.11. The molecule has 96 valence electrons. The number of rotatable bonds is 5. The number of nitro benzene ring substituents is 1. The monoisotopic (exact) mass is 251 g/mol. The van der Waals surface area contributed by atoms with E-state index in [-0.39, 0.29) is 17.7 Å². The van der Waals surface area contributed by atoms with Crippen molar-refractivity contribution in [1.29, 1.82) is 0 Å². The van der Waals surface area contributed by atoms with E-state index in [1.807, 2.05) is 0 Å².